The summed E-state index contributed by atoms with van der Waals surface area (Å²) < 4.78 is 59.8. The van der Waals surface area contributed by atoms with E-state index in [0.717, 1.165) is 29.4 Å². The molecule has 28 heavy (non-hydrogen) atoms. The lowest BCUT2D eigenvalue weighted by Crippen LogP contribution is -2.48. The van der Waals surface area contributed by atoms with Crippen LogP contribution in [-0.2, 0) is 21.4 Å². The van der Waals surface area contributed by atoms with E-state index >= 15 is 0 Å². The predicted molar refractivity (Wildman–Crippen MR) is 102 cm³/mol. The van der Waals surface area contributed by atoms with Crippen molar-refractivity contribution in [3.63, 3.8) is 0 Å². The van der Waals surface area contributed by atoms with Gasteiger partial charge in [0, 0.05) is 35.4 Å². The third-order valence-electron chi connectivity index (χ3n) is 5.21. The van der Waals surface area contributed by atoms with Crippen LogP contribution in [0.2, 0.25) is 5.02 Å². The molecule has 0 unspecified atom stereocenters. The van der Waals surface area contributed by atoms with Crippen molar-refractivity contribution in [1.29, 1.82) is 0 Å². The van der Waals surface area contributed by atoms with E-state index in [0.29, 0.717) is 31.2 Å². The van der Waals surface area contributed by atoms with E-state index in [4.69, 9.17) is 16.3 Å². The van der Waals surface area contributed by atoms with Crippen molar-refractivity contribution < 1.29 is 21.9 Å². The first-order valence-electron chi connectivity index (χ1n) is 8.94. The van der Waals surface area contributed by atoms with E-state index in [1.165, 1.54) is 4.31 Å². The molecule has 2 aromatic carbocycles. The molecule has 0 saturated carbocycles. The Morgan fingerprint density at radius 2 is 1.82 bits per heavy atom. The number of ether oxygens (including phenoxy) is 1. The summed E-state index contributed by atoms with van der Waals surface area (Å²) >= 11 is 6.06. The molecule has 0 aromatic heterocycles. The topological polar surface area (TPSA) is 49.9 Å². The summed E-state index contributed by atoms with van der Waals surface area (Å²) in [5, 5.41) is 0.641. The van der Waals surface area contributed by atoms with Crippen LogP contribution in [0.1, 0.15) is 18.4 Å². The number of rotatable bonds is 3. The van der Waals surface area contributed by atoms with Crippen molar-refractivity contribution in [2.75, 3.05) is 24.7 Å². The Labute approximate surface area is 167 Å². The van der Waals surface area contributed by atoms with Gasteiger partial charge in [0.1, 0.15) is 23.3 Å². The quantitative estimate of drug-likeness (QED) is 0.746. The fourth-order valence-electron chi connectivity index (χ4n) is 3.78. The van der Waals surface area contributed by atoms with Crippen molar-refractivity contribution in [2.24, 2.45) is 0 Å². The number of anilines is 1. The summed E-state index contributed by atoms with van der Waals surface area (Å²) in [6.45, 7) is 1.35. The average Bonchev–Trinajstić information content (AvgIpc) is 2.69. The highest BCUT2D eigenvalue weighted by molar-refractivity contribution is 7.89. The molecule has 0 spiro atoms. The van der Waals surface area contributed by atoms with Gasteiger partial charge in [0.25, 0.3) is 0 Å². The maximum absolute atomic E-state index is 14.0. The smallest absolute Gasteiger partial charge is 0.246 e. The van der Waals surface area contributed by atoms with Crippen LogP contribution in [-0.4, -0.2) is 38.6 Å². The average molecular weight is 429 g/mol. The van der Waals surface area contributed by atoms with Crippen molar-refractivity contribution in [1.82, 2.24) is 4.31 Å². The van der Waals surface area contributed by atoms with Crippen LogP contribution < -0.4 is 4.90 Å². The van der Waals surface area contributed by atoms with Crippen molar-refractivity contribution in [2.45, 2.75) is 30.4 Å². The number of sulfonamides is 1. The van der Waals surface area contributed by atoms with Gasteiger partial charge in [-0.05, 0) is 49.2 Å². The highest BCUT2D eigenvalue weighted by Gasteiger charge is 2.34. The molecule has 1 fully saturated rings. The fraction of sp³-hybridized carbons (Fsp3) is 0.368. The third kappa shape index (κ3) is 3.61. The Kier molecular flexibility index (Phi) is 5.30. The molecule has 0 N–H and O–H groups in total. The predicted octanol–water partition coefficient (Wildman–Crippen LogP) is 3.77. The van der Waals surface area contributed by atoms with Gasteiger partial charge >= 0.3 is 0 Å². The van der Waals surface area contributed by atoms with E-state index in [2.05, 4.69) is 4.90 Å². The molecule has 2 aliphatic heterocycles. The summed E-state index contributed by atoms with van der Waals surface area (Å²) in [6.07, 6.45) is 1.11. The van der Waals surface area contributed by atoms with E-state index in [1.807, 2.05) is 18.2 Å². The molecule has 0 amide bonds. The number of nitrogens with zero attached hydrogens (tertiary/aromatic N) is 2. The number of halogens is 3. The van der Waals surface area contributed by atoms with E-state index < -0.39 is 26.6 Å². The van der Waals surface area contributed by atoms with Crippen molar-refractivity contribution >= 4 is 27.3 Å². The molecule has 4 rings (SSSR count). The third-order valence-corrected chi connectivity index (χ3v) is 7.36. The van der Waals surface area contributed by atoms with Crippen molar-refractivity contribution in [3.8, 4) is 0 Å². The molecule has 0 radical (unpaired) electrons. The highest BCUT2D eigenvalue weighted by Crippen LogP contribution is 2.33. The first-order chi connectivity index (χ1) is 13.4. The zero-order valence-electron chi connectivity index (χ0n) is 14.9. The molecule has 0 aliphatic carbocycles. The Hall–Kier alpha value is -1.74. The van der Waals surface area contributed by atoms with Gasteiger partial charge in [-0.2, -0.15) is 4.31 Å². The molecular formula is C19H19ClF2N2O3S. The number of hydrogen-bond donors (Lipinski definition) is 0. The molecule has 1 saturated heterocycles. The molecule has 9 heteroatoms. The van der Waals surface area contributed by atoms with Crippen LogP contribution in [0.3, 0.4) is 0 Å². The lowest BCUT2D eigenvalue weighted by Gasteiger charge is -2.41. The van der Waals surface area contributed by atoms with Gasteiger partial charge in [0.05, 0.1) is 6.61 Å². The number of hydrogen-bond acceptors (Lipinski definition) is 4. The van der Waals surface area contributed by atoms with E-state index in [1.54, 1.807) is 0 Å². The van der Waals surface area contributed by atoms with Crippen LogP contribution in [0.4, 0.5) is 14.5 Å². The standard InChI is InChI=1S/C19H19ClF2N2O3S/c20-14-1-4-18-13(9-14)11-27-12-24(18)16-5-7-23(8-6-16)28(25,26)19-10-15(21)2-3-17(19)22/h1-4,9-10,16H,5-8,11-12H2. The number of benzene rings is 2. The molecule has 2 aromatic rings. The lowest BCUT2D eigenvalue weighted by atomic mass is 10.0. The monoisotopic (exact) mass is 428 g/mol. The summed E-state index contributed by atoms with van der Waals surface area (Å²) in [4.78, 5) is 1.49. The summed E-state index contributed by atoms with van der Waals surface area (Å²) in [7, 11) is -4.08. The maximum atomic E-state index is 14.0. The van der Waals surface area contributed by atoms with Crippen LogP contribution >= 0.6 is 11.6 Å². The van der Waals surface area contributed by atoms with E-state index in [9.17, 15) is 17.2 Å². The van der Waals surface area contributed by atoms with E-state index in [-0.39, 0.29) is 19.1 Å². The summed E-state index contributed by atoms with van der Waals surface area (Å²) in [5.74, 6) is -1.73. The molecule has 0 bridgehead atoms. The summed E-state index contributed by atoms with van der Waals surface area (Å²) in [6, 6.07) is 8.20. The first kappa shape index (κ1) is 19.6. The number of piperidine rings is 1. The van der Waals surface area contributed by atoms with Gasteiger partial charge in [-0.15, -0.1) is 0 Å². The van der Waals surface area contributed by atoms with Gasteiger partial charge in [0.15, 0.2) is 0 Å². The molecule has 2 heterocycles. The number of fused-ring (bicyclic) bond motifs is 1. The zero-order valence-corrected chi connectivity index (χ0v) is 16.5. The SMILES string of the molecule is O=S(=O)(c1cc(F)ccc1F)N1CCC(N2COCc3cc(Cl)ccc32)CC1. The van der Waals surface area contributed by atoms with Gasteiger partial charge in [-0.25, -0.2) is 17.2 Å². The lowest BCUT2D eigenvalue weighted by molar-refractivity contribution is 0.0988. The highest BCUT2D eigenvalue weighted by atomic mass is 35.5. The Morgan fingerprint density at radius 3 is 2.57 bits per heavy atom. The molecule has 5 nitrogen and oxygen atoms in total. The van der Waals surface area contributed by atoms with Crippen LogP contribution in [0, 0.1) is 11.6 Å². The largest absolute Gasteiger partial charge is 0.356 e. The zero-order chi connectivity index (χ0) is 19.9. The Bertz CT molecular complexity index is 995. The van der Waals surface area contributed by atoms with Crippen LogP contribution in [0.5, 0.6) is 0 Å². The second-order valence-corrected chi connectivity index (χ2v) is 9.27. The van der Waals surface area contributed by atoms with Gasteiger partial charge < -0.3 is 9.64 Å². The summed E-state index contributed by atoms with van der Waals surface area (Å²) in [5.41, 5.74) is 2.03. The minimum atomic E-state index is -4.08. The van der Waals surface area contributed by atoms with Crippen molar-refractivity contribution in [3.05, 3.63) is 58.6 Å². The minimum absolute atomic E-state index is 0.0871. The normalized spacial score (nSPS) is 18.9. The van der Waals surface area contributed by atoms with Crippen LogP contribution in [0.15, 0.2) is 41.3 Å². The second-order valence-electron chi connectivity index (χ2n) is 6.93. The van der Waals surface area contributed by atoms with Gasteiger partial charge in [-0.3, -0.25) is 0 Å². The Morgan fingerprint density at radius 1 is 1.07 bits per heavy atom. The maximum Gasteiger partial charge on any atom is 0.246 e. The second kappa shape index (κ2) is 7.59. The van der Waals surface area contributed by atoms with Crippen LogP contribution in [0.25, 0.3) is 0 Å². The van der Waals surface area contributed by atoms with Gasteiger partial charge in [-0.1, -0.05) is 11.6 Å². The fourth-order valence-corrected chi connectivity index (χ4v) is 5.52. The molecular weight excluding hydrogens is 410 g/mol. The van der Waals surface area contributed by atoms with Gasteiger partial charge in [0.2, 0.25) is 10.0 Å². The minimum Gasteiger partial charge on any atom is -0.356 e. The molecule has 150 valence electrons. The molecule has 0 atom stereocenters. The first-order valence-corrected chi connectivity index (χ1v) is 10.8. The molecule has 2 aliphatic rings. The Balaban J connectivity index is 1.51.